The molecule has 0 radical (unpaired) electrons. The molecule has 0 aliphatic heterocycles. The summed E-state index contributed by atoms with van der Waals surface area (Å²) in [6, 6.07) is -0.310. The zero-order valence-electron chi connectivity index (χ0n) is 12.5. The summed E-state index contributed by atoms with van der Waals surface area (Å²) >= 11 is 1.57. The molecule has 0 aromatic rings. The quantitative estimate of drug-likeness (QED) is 0.496. The van der Waals surface area contributed by atoms with Crippen molar-refractivity contribution in [2.24, 2.45) is 11.3 Å². The molecule has 0 heterocycles. The fraction of sp³-hybridized carbons (Fsp3) is 0.733. The summed E-state index contributed by atoms with van der Waals surface area (Å²) in [6.45, 7) is 2.85. The monoisotopic (exact) mass is 312 g/mol. The number of amides is 2. The Morgan fingerprint density at radius 3 is 2.62 bits per heavy atom. The van der Waals surface area contributed by atoms with E-state index in [0.29, 0.717) is 31.1 Å². The maximum Gasteiger partial charge on any atom is 0.314 e. The first-order valence-electron chi connectivity index (χ1n) is 7.26. The van der Waals surface area contributed by atoms with E-state index in [1.807, 2.05) is 0 Å². The number of terminal acetylenes is 1. The predicted octanol–water partition coefficient (Wildman–Crippen LogP) is 1.93. The number of urea groups is 1. The number of carboxylic acid groups (broad SMARTS) is 1. The lowest BCUT2D eigenvalue weighted by molar-refractivity contribution is -0.151. The van der Waals surface area contributed by atoms with E-state index >= 15 is 0 Å². The third-order valence-corrected chi connectivity index (χ3v) is 4.85. The Kier molecular flexibility index (Phi) is 7.44. The van der Waals surface area contributed by atoms with Crippen LogP contribution in [-0.4, -0.2) is 41.7 Å². The van der Waals surface area contributed by atoms with Crippen LogP contribution in [0.3, 0.4) is 0 Å². The Morgan fingerprint density at radius 1 is 1.38 bits per heavy atom. The van der Waals surface area contributed by atoms with Crippen LogP contribution in [0.25, 0.3) is 0 Å². The smallest absolute Gasteiger partial charge is 0.314 e. The van der Waals surface area contributed by atoms with Crippen LogP contribution < -0.4 is 10.6 Å². The molecule has 1 aliphatic rings. The van der Waals surface area contributed by atoms with Gasteiger partial charge in [0.25, 0.3) is 0 Å². The first-order chi connectivity index (χ1) is 10.00. The molecule has 0 bridgehead atoms. The molecule has 0 saturated heterocycles. The van der Waals surface area contributed by atoms with Crippen LogP contribution in [0.1, 0.15) is 32.6 Å². The second kappa shape index (κ2) is 8.83. The molecule has 0 unspecified atom stereocenters. The van der Waals surface area contributed by atoms with Gasteiger partial charge in [-0.25, -0.2) is 4.79 Å². The number of carboxylic acids is 1. The van der Waals surface area contributed by atoms with Crippen LogP contribution in [0.15, 0.2) is 0 Å². The average molecular weight is 312 g/mol. The molecule has 1 fully saturated rings. The van der Waals surface area contributed by atoms with Gasteiger partial charge in [-0.05, 0) is 31.6 Å². The van der Waals surface area contributed by atoms with Gasteiger partial charge >= 0.3 is 12.0 Å². The fourth-order valence-corrected chi connectivity index (χ4v) is 2.97. The van der Waals surface area contributed by atoms with Gasteiger partial charge in [0, 0.05) is 18.8 Å². The van der Waals surface area contributed by atoms with Crippen molar-refractivity contribution in [1.29, 1.82) is 0 Å². The Labute approximate surface area is 130 Å². The third-order valence-electron chi connectivity index (χ3n) is 3.99. The van der Waals surface area contributed by atoms with E-state index in [0.717, 1.165) is 18.6 Å². The molecule has 6 heteroatoms. The summed E-state index contributed by atoms with van der Waals surface area (Å²) in [6.07, 6.45) is 8.18. The summed E-state index contributed by atoms with van der Waals surface area (Å²) in [7, 11) is 0. The summed E-state index contributed by atoms with van der Waals surface area (Å²) in [4.78, 5) is 23.2. The Bertz CT molecular complexity index is 398. The number of hydrogen-bond acceptors (Lipinski definition) is 3. The van der Waals surface area contributed by atoms with Crippen LogP contribution in [-0.2, 0) is 4.79 Å². The lowest BCUT2D eigenvalue weighted by Gasteiger charge is -2.35. The lowest BCUT2D eigenvalue weighted by atomic mass is 9.71. The number of thioether (sulfide) groups is 1. The van der Waals surface area contributed by atoms with E-state index in [1.165, 1.54) is 0 Å². The zero-order chi connectivity index (χ0) is 15.7. The van der Waals surface area contributed by atoms with Crippen molar-refractivity contribution in [3.63, 3.8) is 0 Å². The van der Waals surface area contributed by atoms with Crippen molar-refractivity contribution in [2.45, 2.75) is 32.6 Å². The Hall–Kier alpha value is -1.35. The largest absolute Gasteiger partial charge is 0.481 e. The van der Waals surface area contributed by atoms with Crippen molar-refractivity contribution in [3.8, 4) is 12.3 Å². The van der Waals surface area contributed by atoms with Crippen molar-refractivity contribution in [2.75, 3.05) is 24.6 Å². The van der Waals surface area contributed by atoms with Crippen molar-refractivity contribution < 1.29 is 14.7 Å². The van der Waals surface area contributed by atoms with Gasteiger partial charge in [0.2, 0.25) is 0 Å². The fourth-order valence-electron chi connectivity index (χ4n) is 2.46. The highest BCUT2D eigenvalue weighted by Gasteiger charge is 2.41. The van der Waals surface area contributed by atoms with Gasteiger partial charge in [0.1, 0.15) is 0 Å². The summed E-state index contributed by atoms with van der Waals surface area (Å²) in [5, 5.41) is 14.9. The second-order valence-corrected chi connectivity index (χ2v) is 6.74. The number of carbonyl (C=O) groups excluding carboxylic acids is 1. The lowest BCUT2D eigenvalue weighted by Crippen LogP contribution is -2.48. The number of hydrogen-bond donors (Lipinski definition) is 3. The van der Waals surface area contributed by atoms with E-state index in [1.54, 1.807) is 11.8 Å². The zero-order valence-corrected chi connectivity index (χ0v) is 13.3. The standard InChI is InChI=1S/C15H24N2O3S/c1-3-9-21-10-8-16-14(20)17-11-15(13(18)19)6-4-12(2)5-7-15/h1,12H,4-11H2,2H3,(H,18,19)(H2,16,17,20). The SMILES string of the molecule is C#CCSCCNC(=O)NCC1(C(=O)O)CCC(C)CC1. The normalized spacial score (nSPS) is 24.9. The van der Waals surface area contributed by atoms with Crippen LogP contribution >= 0.6 is 11.8 Å². The van der Waals surface area contributed by atoms with Crippen molar-refractivity contribution >= 4 is 23.8 Å². The van der Waals surface area contributed by atoms with Gasteiger partial charge < -0.3 is 15.7 Å². The molecular formula is C15H24N2O3S. The maximum atomic E-state index is 11.7. The summed E-state index contributed by atoms with van der Waals surface area (Å²) < 4.78 is 0. The van der Waals surface area contributed by atoms with E-state index in [-0.39, 0.29) is 12.6 Å². The van der Waals surface area contributed by atoms with Crippen LogP contribution in [0.4, 0.5) is 4.79 Å². The molecule has 3 N–H and O–H groups in total. The molecule has 5 nitrogen and oxygen atoms in total. The highest BCUT2D eigenvalue weighted by Crippen LogP contribution is 2.38. The number of nitrogens with one attached hydrogen (secondary N) is 2. The molecule has 0 atom stereocenters. The third kappa shape index (κ3) is 5.88. The molecule has 2 amide bonds. The molecule has 1 saturated carbocycles. The molecule has 0 aromatic heterocycles. The van der Waals surface area contributed by atoms with E-state index in [9.17, 15) is 14.7 Å². The Morgan fingerprint density at radius 2 is 2.05 bits per heavy atom. The Balaban J connectivity index is 2.32. The van der Waals surface area contributed by atoms with E-state index in [4.69, 9.17) is 6.42 Å². The first-order valence-corrected chi connectivity index (χ1v) is 8.42. The van der Waals surface area contributed by atoms with Crippen LogP contribution in [0.5, 0.6) is 0 Å². The van der Waals surface area contributed by atoms with Crippen LogP contribution in [0.2, 0.25) is 0 Å². The average Bonchev–Trinajstić information content (AvgIpc) is 2.46. The van der Waals surface area contributed by atoms with Crippen molar-refractivity contribution in [3.05, 3.63) is 0 Å². The predicted molar refractivity (Wildman–Crippen MR) is 85.3 cm³/mol. The number of aliphatic carboxylic acids is 1. The highest BCUT2D eigenvalue weighted by atomic mass is 32.2. The minimum Gasteiger partial charge on any atom is -0.481 e. The van der Waals surface area contributed by atoms with Gasteiger partial charge in [-0.3, -0.25) is 4.79 Å². The molecule has 0 aromatic carbocycles. The molecule has 118 valence electrons. The molecule has 1 aliphatic carbocycles. The van der Waals surface area contributed by atoms with Gasteiger partial charge in [0.15, 0.2) is 0 Å². The molecule has 1 rings (SSSR count). The van der Waals surface area contributed by atoms with Gasteiger partial charge in [-0.2, -0.15) is 0 Å². The number of rotatable bonds is 7. The topological polar surface area (TPSA) is 78.4 Å². The molecule has 21 heavy (non-hydrogen) atoms. The van der Waals surface area contributed by atoms with Crippen molar-refractivity contribution in [1.82, 2.24) is 10.6 Å². The minimum absolute atomic E-state index is 0.193. The number of carbonyl (C=O) groups is 2. The minimum atomic E-state index is -0.806. The van der Waals surface area contributed by atoms with Gasteiger partial charge in [-0.15, -0.1) is 18.2 Å². The molecule has 0 spiro atoms. The summed E-state index contributed by atoms with van der Waals surface area (Å²) in [5.41, 5.74) is -0.804. The van der Waals surface area contributed by atoms with E-state index < -0.39 is 11.4 Å². The molecular weight excluding hydrogens is 288 g/mol. The highest BCUT2D eigenvalue weighted by molar-refractivity contribution is 7.99. The van der Waals surface area contributed by atoms with Crippen LogP contribution in [0, 0.1) is 23.7 Å². The second-order valence-electron chi connectivity index (χ2n) is 5.63. The maximum absolute atomic E-state index is 11.7. The van der Waals surface area contributed by atoms with Gasteiger partial charge in [0.05, 0.1) is 11.2 Å². The first kappa shape index (κ1) is 17.7. The van der Waals surface area contributed by atoms with Gasteiger partial charge in [-0.1, -0.05) is 12.8 Å². The van der Waals surface area contributed by atoms with E-state index in [2.05, 4.69) is 23.5 Å². The summed E-state index contributed by atoms with van der Waals surface area (Å²) in [5.74, 6) is 3.65.